The summed E-state index contributed by atoms with van der Waals surface area (Å²) < 4.78 is 33.3. The van der Waals surface area contributed by atoms with Crippen molar-refractivity contribution in [1.82, 2.24) is 19.3 Å². The van der Waals surface area contributed by atoms with E-state index in [0.29, 0.717) is 30.6 Å². The van der Waals surface area contributed by atoms with Crippen LogP contribution in [0, 0.1) is 25.2 Å². The molecular formula is C19H30N4O4S. The Morgan fingerprint density at radius 1 is 1.18 bits per heavy atom. The van der Waals surface area contributed by atoms with Gasteiger partial charge in [-0.25, -0.2) is 8.42 Å². The molecule has 0 aromatic carbocycles. The van der Waals surface area contributed by atoms with Gasteiger partial charge in [-0.3, -0.25) is 9.69 Å². The van der Waals surface area contributed by atoms with Crippen LogP contribution in [0.1, 0.15) is 38.1 Å². The third kappa shape index (κ3) is 2.90. The zero-order valence-corrected chi connectivity index (χ0v) is 18.0. The van der Waals surface area contributed by atoms with E-state index in [1.807, 2.05) is 4.90 Å². The monoisotopic (exact) mass is 410 g/mol. The number of carbonyl (C=O) groups excluding carboxylic acids is 1. The van der Waals surface area contributed by atoms with E-state index in [9.17, 15) is 13.2 Å². The van der Waals surface area contributed by atoms with E-state index in [-0.39, 0.29) is 23.3 Å². The standard InChI is InChI=1S/C19H30N4O4S/c1-13(2)22-9-16-10-23(28(25,26)17-14(3)20-27-15(17)4)12-19(16,11-22)18(24)21-7-5-6-8-21/h13,16H,5-12H2,1-4H3/t16-,19-/m0/s1. The molecule has 2 atom stereocenters. The first-order valence-corrected chi connectivity index (χ1v) is 11.6. The maximum atomic E-state index is 13.6. The Morgan fingerprint density at radius 3 is 2.43 bits per heavy atom. The first-order chi connectivity index (χ1) is 13.2. The van der Waals surface area contributed by atoms with Crippen LogP contribution in [0.3, 0.4) is 0 Å². The molecule has 4 rings (SSSR count). The van der Waals surface area contributed by atoms with E-state index in [1.165, 1.54) is 4.31 Å². The summed E-state index contributed by atoms with van der Waals surface area (Å²) in [4.78, 5) is 18.0. The molecule has 3 fully saturated rings. The highest BCUT2D eigenvalue weighted by molar-refractivity contribution is 7.89. The molecule has 28 heavy (non-hydrogen) atoms. The fraction of sp³-hybridized carbons (Fsp3) is 0.789. The predicted molar refractivity (Wildman–Crippen MR) is 103 cm³/mol. The second-order valence-electron chi connectivity index (χ2n) is 8.83. The molecule has 0 unspecified atom stereocenters. The summed E-state index contributed by atoms with van der Waals surface area (Å²) in [6, 6.07) is 0.335. The van der Waals surface area contributed by atoms with Gasteiger partial charge >= 0.3 is 0 Å². The van der Waals surface area contributed by atoms with E-state index < -0.39 is 15.4 Å². The van der Waals surface area contributed by atoms with Crippen molar-refractivity contribution in [1.29, 1.82) is 0 Å². The van der Waals surface area contributed by atoms with E-state index in [4.69, 9.17) is 4.52 Å². The van der Waals surface area contributed by atoms with Crippen LogP contribution >= 0.6 is 0 Å². The summed E-state index contributed by atoms with van der Waals surface area (Å²) in [7, 11) is -3.74. The molecule has 1 aromatic rings. The maximum Gasteiger partial charge on any atom is 0.248 e. The molecule has 3 saturated heterocycles. The van der Waals surface area contributed by atoms with Gasteiger partial charge in [-0.2, -0.15) is 4.31 Å². The van der Waals surface area contributed by atoms with Crippen LogP contribution < -0.4 is 0 Å². The van der Waals surface area contributed by atoms with Crippen molar-refractivity contribution in [3.8, 4) is 0 Å². The minimum Gasteiger partial charge on any atom is -0.360 e. The van der Waals surface area contributed by atoms with Crippen LogP contribution in [0.15, 0.2) is 9.42 Å². The fourth-order valence-electron chi connectivity index (χ4n) is 5.14. The number of aromatic nitrogens is 1. The molecule has 9 heteroatoms. The molecule has 0 bridgehead atoms. The third-order valence-corrected chi connectivity index (χ3v) is 8.78. The van der Waals surface area contributed by atoms with Gasteiger partial charge in [0.15, 0.2) is 5.76 Å². The zero-order chi connectivity index (χ0) is 20.3. The molecule has 3 aliphatic heterocycles. The van der Waals surface area contributed by atoms with Gasteiger partial charge in [0.05, 0.1) is 5.41 Å². The van der Waals surface area contributed by atoms with Crippen molar-refractivity contribution in [2.75, 3.05) is 39.3 Å². The SMILES string of the molecule is Cc1noc(C)c1S(=O)(=O)N1C[C@@H]2CN(C(C)C)C[C@]2(C(=O)N2CCCC2)C1. The molecule has 0 aliphatic carbocycles. The van der Waals surface area contributed by atoms with Crippen molar-refractivity contribution in [3.63, 3.8) is 0 Å². The molecule has 1 aromatic heterocycles. The number of carbonyl (C=O) groups is 1. The van der Waals surface area contributed by atoms with Gasteiger partial charge < -0.3 is 9.42 Å². The normalized spacial score (nSPS) is 29.2. The summed E-state index contributed by atoms with van der Waals surface area (Å²) >= 11 is 0. The average molecular weight is 411 g/mol. The molecule has 8 nitrogen and oxygen atoms in total. The number of hydrogen-bond donors (Lipinski definition) is 0. The molecule has 4 heterocycles. The summed E-state index contributed by atoms with van der Waals surface area (Å²) in [5.41, 5.74) is -0.279. The number of rotatable bonds is 4. The maximum absolute atomic E-state index is 13.6. The topological polar surface area (TPSA) is 87.0 Å². The van der Waals surface area contributed by atoms with Crippen molar-refractivity contribution in [2.24, 2.45) is 11.3 Å². The minimum absolute atomic E-state index is 0.0123. The number of sulfonamides is 1. The van der Waals surface area contributed by atoms with E-state index in [2.05, 4.69) is 23.9 Å². The number of likely N-dealkylation sites (tertiary alicyclic amines) is 2. The molecule has 0 N–H and O–H groups in total. The highest BCUT2D eigenvalue weighted by Gasteiger charge is 2.60. The minimum atomic E-state index is -3.74. The Hall–Kier alpha value is -1.45. The highest BCUT2D eigenvalue weighted by Crippen LogP contribution is 2.47. The van der Waals surface area contributed by atoms with E-state index >= 15 is 0 Å². The second-order valence-corrected chi connectivity index (χ2v) is 10.7. The molecule has 1 amide bonds. The lowest BCUT2D eigenvalue weighted by Gasteiger charge is -2.33. The van der Waals surface area contributed by atoms with Crippen LogP contribution in [-0.2, 0) is 14.8 Å². The Balaban J connectivity index is 1.68. The lowest BCUT2D eigenvalue weighted by Crippen LogP contribution is -2.49. The Bertz CT molecular complexity index is 855. The summed E-state index contributed by atoms with van der Waals surface area (Å²) in [5, 5.41) is 3.81. The Morgan fingerprint density at radius 2 is 1.86 bits per heavy atom. The predicted octanol–water partition coefficient (Wildman–Crippen LogP) is 1.24. The molecular weight excluding hydrogens is 380 g/mol. The number of nitrogens with zero attached hydrogens (tertiary/aromatic N) is 4. The molecule has 0 saturated carbocycles. The molecule has 156 valence electrons. The van der Waals surface area contributed by atoms with E-state index in [0.717, 1.165) is 32.5 Å². The summed E-state index contributed by atoms with van der Waals surface area (Å²) in [6.07, 6.45) is 2.06. The number of hydrogen-bond acceptors (Lipinski definition) is 6. The third-order valence-electron chi connectivity index (χ3n) is 6.72. The zero-order valence-electron chi connectivity index (χ0n) is 17.1. The van der Waals surface area contributed by atoms with Crippen LogP contribution in [0.5, 0.6) is 0 Å². The van der Waals surface area contributed by atoms with E-state index in [1.54, 1.807) is 13.8 Å². The van der Waals surface area contributed by atoms with Crippen molar-refractivity contribution in [3.05, 3.63) is 11.5 Å². The molecule has 0 spiro atoms. The van der Waals surface area contributed by atoms with Crippen molar-refractivity contribution in [2.45, 2.75) is 51.5 Å². The average Bonchev–Trinajstić information content (AvgIpc) is 3.36. The number of amides is 1. The van der Waals surface area contributed by atoms with Gasteiger partial charge in [-0.1, -0.05) is 5.16 Å². The lowest BCUT2D eigenvalue weighted by atomic mass is 9.79. The smallest absolute Gasteiger partial charge is 0.248 e. The Labute approximate surface area is 166 Å². The van der Waals surface area contributed by atoms with Gasteiger partial charge in [-0.15, -0.1) is 0 Å². The number of fused-ring (bicyclic) bond motifs is 1. The van der Waals surface area contributed by atoms with Crippen LogP contribution in [0.4, 0.5) is 0 Å². The first-order valence-electron chi connectivity index (χ1n) is 10.1. The quantitative estimate of drug-likeness (QED) is 0.742. The van der Waals surface area contributed by atoms with Gasteiger partial charge in [-0.05, 0) is 40.5 Å². The van der Waals surface area contributed by atoms with Gasteiger partial charge in [0, 0.05) is 51.2 Å². The van der Waals surface area contributed by atoms with Gasteiger partial charge in [0.1, 0.15) is 10.6 Å². The van der Waals surface area contributed by atoms with Crippen LogP contribution in [-0.4, -0.2) is 78.9 Å². The van der Waals surface area contributed by atoms with Gasteiger partial charge in [0.25, 0.3) is 0 Å². The van der Waals surface area contributed by atoms with Crippen LogP contribution in [0.25, 0.3) is 0 Å². The van der Waals surface area contributed by atoms with Crippen molar-refractivity contribution >= 4 is 15.9 Å². The fourth-order valence-corrected chi connectivity index (χ4v) is 6.99. The lowest BCUT2D eigenvalue weighted by molar-refractivity contribution is -0.141. The highest BCUT2D eigenvalue weighted by atomic mass is 32.2. The molecule has 3 aliphatic rings. The van der Waals surface area contributed by atoms with Crippen molar-refractivity contribution < 1.29 is 17.7 Å². The summed E-state index contributed by atoms with van der Waals surface area (Å²) in [6.45, 7) is 11.1. The first kappa shape index (κ1) is 19.8. The summed E-state index contributed by atoms with van der Waals surface area (Å²) in [5.74, 6) is 0.450. The number of aryl methyl sites for hydroxylation is 2. The van der Waals surface area contributed by atoms with Gasteiger partial charge in [0.2, 0.25) is 15.9 Å². The molecule has 0 radical (unpaired) electrons. The Kier molecular flexibility index (Phi) is 4.83. The second kappa shape index (κ2) is 6.81. The van der Waals surface area contributed by atoms with Crippen LogP contribution in [0.2, 0.25) is 0 Å². The largest absolute Gasteiger partial charge is 0.360 e.